The van der Waals surface area contributed by atoms with Crippen LogP contribution in [0.3, 0.4) is 0 Å². The molecular weight excluding hydrogens is 727 g/mol. The molecule has 60 heavy (non-hydrogen) atoms. The maximum absolute atomic E-state index is 6.45. The van der Waals surface area contributed by atoms with Crippen molar-refractivity contribution in [2.45, 2.75) is 0 Å². The zero-order chi connectivity index (χ0) is 39.8. The average molecular weight is 766 g/mol. The highest BCUT2D eigenvalue weighted by Crippen LogP contribution is 2.43. The molecular formula is C58H39NO. The Kier molecular flexibility index (Phi) is 8.87. The summed E-state index contributed by atoms with van der Waals surface area (Å²) in [7, 11) is 0. The minimum Gasteiger partial charge on any atom is -0.455 e. The number of para-hydroxylation sites is 3. The standard InChI is InChI=1S/C58H39NO/c1-2-13-40(14-3-1)46-18-11-20-49(39-46)52-21-6-8-25-56(52)59(51-35-31-43(32-36-51)53-23-12-24-55-54-22-7-9-26-57(54)60-58(53)55)50-33-29-42(30-34-50)45-17-10-19-47(37-45)48-28-27-41-15-4-5-16-44(41)38-48/h1-39H. The predicted molar refractivity (Wildman–Crippen MR) is 253 cm³/mol. The summed E-state index contributed by atoms with van der Waals surface area (Å²) < 4.78 is 6.45. The van der Waals surface area contributed by atoms with Crippen LogP contribution in [0.4, 0.5) is 17.1 Å². The molecule has 0 saturated carbocycles. The third-order valence-corrected chi connectivity index (χ3v) is 11.7. The molecule has 0 spiro atoms. The summed E-state index contributed by atoms with van der Waals surface area (Å²) in [5.74, 6) is 0. The fourth-order valence-electron chi connectivity index (χ4n) is 8.65. The Morgan fingerprint density at radius 3 is 1.57 bits per heavy atom. The fraction of sp³-hybridized carbons (Fsp3) is 0. The molecule has 2 nitrogen and oxygen atoms in total. The van der Waals surface area contributed by atoms with Gasteiger partial charge in [0.1, 0.15) is 11.2 Å². The van der Waals surface area contributed by atoms with E-state index in [9.17, 15) is 0 Å². The number of fused-ring (bicyclic) bond motifs is 4. The first-order valence-electron chi connectivity index (χ1n) is 20.5. The Bertz CT molecular complexity index is 3310. The molecule has 11 rings (SSSR count). The number of benzene rings is 10. The lowest BCUT2D eigenvalue weighted by Crippen LogP contribution is -2.11. The van der Waals surface area contributed by atoms with Gasteiger partial charge in [-0.1, -0.05) is 182 Å². The zero-order valence-electron chi connectivity index (χ0n) is 32.9. The van der Waals surface area contributed by atoms with Gasteiger partial charge in [0.2, 0.25) is 0 Å². The Morgan fingerprint density at radius 1 is 0.283 bits per heavy atom. The van der Waals surface area contributed by atoms with Crippen LogP contribution < -0.4 is 4.90 Å². The van der Waals surface area contributed by atoms with Crippen molar-refractivity contribution in [3.8, 4) is 55.6 Å². The molecule has 0 unspecified atom stereocenters. The van der Waals surface area contributed by atoms with E-state index >= 15 is 0 Å². The second-order valence-corrected chi connectivity index (χ2v) is 15.3. The molecule has 0 radical (unpaired) electrons. The minimum atomic E-state index is 0.902. The molecule has 1 aromatic heterocycles. The van der Waals surface area contributed by atoms with Gasteiger partial charge in [-0.05, 0) is 110 Å². The van der Waals surface area contributed by atoms with Gasteiger partial charge in [-0.15, -0.1) is 0 Å². The van der Waals surface area contributed by atoms with E-state index in [1.165, 1.54) is 44.2 Å². The lowest BCUT2D eigenvalue weighted by atomic mass is 9.96. The molecule has 0 amide bonds. The van der Waals surface area contributed by atoms with Gasteiger partial charge in [-0.2, -0.15) is 0 Å². The first-order valence-corrected chi connectivity index (χ1v) is 20.5. The van der Waals surface area contributed by atoms with Crippen molar-refractivity contribution in [3.05, 3.63) is 237 Å². The summed E-state index contributed by atoms with van der Waals surface area (Å²) in [5.41, 5.74) is 16.7. The van der Waals surface area contributed by atoms with E-state index in [2.05, 4.69) is 229 Å². The van der Waals surface area contributed by atoms with Crippen LogP contribution in [-0.2, 0) is 0 Å². The molecule has 0 saturated heterocycles. The number of hydrogen-bond acceptors (Lipinski definition) is 2. The largest absolute Gasteiger partial charge is 0.455 e. The van der Waals surface area contributed by atoms with Crippen LogP contribution in [0.25, 0.3) is 88.3 Å². The highest BCUT2D eigenvalue weighted by Gasteiger charge is 2.19. The van der Waals surface area contributed by atoms with E-state index in [0.717, 1.165) is 61.3 Å². The van der Waals surface area contributed by atoms with Crippen LogP contribution in [0.1, 0.15) is 0 Å². The maximum atomic E-state index is 6.45. The van der Waals surface area contributed by atoms with E-state index in [1.807, 2.05) is 12.1 Å². The molecule has 0 N–H and O–H groups in total. The number of furan rings is 1. The minimum absolute atomic E-state index is 0.902. The second-order valence-electron chi connectivity index (χ2n) is 15.3. The molecule has 282 valence electrons. The number of rotatable bonds is 8. The van der Waals surface area contributed by atoms with Gasteiger partial charge in [0, 0.05) is 33.3 Å². The van der Waals surface area contributed by atoms with Crippen molar-refractivity contribution in [1.82, 2.24) is 0 Å². The van der Waals surface area contributed by atoms with Crippen LogP contribution in [-0.4, -0.2) is 0 Å². The Labute approximate surface area is 349 Å². The van der Waals surface area contributed by atoms with E-state index in [0.29, 0.717) is 0 Å². The predicted octanol–water partition coefficient (Wildman–Crippen LogP) is 16.5. The SMILES string of the molecule is c1ccc(-c2cccc(-c3ccccc3N(c3ccc(-c4cccc(-c5ccc6ccccc6c5)c4)cc3)c3ccc(-c4cccc5c4oc4ccccc45)cc3)c2)cc1. The van der Waals surface area contributed by atoms with Crippen molar-refractivity contribution >= 4 is 49.8 Å². The maximum Gasteiger partial charge on any atom is 0.143 e. The molecule has 0 bridgehead atoms. The lowest BCUT2D eigenvalue weighted by molar-refractivity contribution is 0.670. The van der Waals surface area contributed by atoms with Gasteiger partial charge in [0.05, 0.1) is 5.69 Å². The highest BCUT2D eigenvalue weighted by atomic mass is 16.3. The van der Waals surface area contributed by atoms with Crippen molar-refractivity contribution < 1.29 is 4.42 Å². The molecule has 1 heterocycles. The molecule has 0 fully saturated rings. The van der Waals surface area contributed by atoms with Gasteiger partial charge < -0.3 is 9.32 Å². The van der Waals surface area contributed by atoms with Gasteiger partial charge in [0.15, 0.2) is 0 Å². The quantitative estimate of drug-likeness (QED) is 0.153. The van der Waals surface area contributed by atoms with Crippen molar-refractivity contribution in [3.63, 3.8) is 0 Å². The third kappa shape index (κ3) is 6.51. The van der Waals surface area contributed by atoms with Crippen LogP contribution in [0.2, 0.25) is 0 Å². The van der Waals surface area contributed by atoms with Crippen molar-refractivity contribution in [1.29, 1.82) is 0 Å². The number of hydrogen-bond donors (Lipinski definition) is 0. The van der Waals surface area contributed by atoms with E-state index < -0.39 is 0 Å². The molecule has 0 aliphatic rings. The molecule has 10 aromatic carbocycles. The van der Waals surface area contributed by atoms with Crippen molar-refractivity contribution in [2.75, 3.05) is 4.90 Å². The Balaban J connectivity index is 1.00. The topological polar surface area (TPSA) is 16.4 Å². The van der Waals surface area contributed by atoms with E-state index in [1.54, 1.807) is 0 Å². The highest BCUT2D eigenvalue weighted by molar-refractivity contribution is 6.09. The normalized spacial score (nSPS) is 11.3. The van der Waals surface area contributed by atoms with Gasteiger partial charge >= 0.3 is 0 Å². The first-order chi connectivity index (χ1) is 29.7. The van der Waals surface area contributed by atoms with Crippen LogP contribution >= 0.6 is 0 Å². The number of nitrogens with zero attached hydrogens (tertiary/aromatic N) is 1. The van der Waals surface area contributed by atoms with Crippen LogP contribution in [0, 0.1) is 0 Å². The Hall–Kier alpha value is -7.94. The van der Waals surface area contributed by atoms with E-state index in [4.69, 9.17) is 4.42 Å². The second kappa shape index (κ2) is 15.1. The van der Waals surface area contributed by atoms with Gasteiger partial charge in [-0.25, -0.2) is 0 Å². The van der Waals surface area contributed by atoms with Gasteiger partial charge in [0.25, 0.3) is 0 Å². The summed E-state index contributed by atoms with van der Waals surface area (Å²) in [5, 5.41) is 4.76. The monoisotopic (exact) mass is 765 g/mol. The Morgan fingerprint density at radius 2 is 0.783 bits per heavy atom. The van der Waals surface area contributed by atoms with Gasteiger partial charge in [-0.3, -0.25) is 0 Å². The lowest BCUT2D eigenvalue weighted by Gasteiger charge is -2.28. The molecule has 0 aliphatic carbocycles. The third-order valence-electron chi connectivity index (χ3n) is 11.7. The summed E-state index contributed by atoms with van der Waals surface area (Å²) in [6, 6.07) is 84.9. The molecule has 0 atom stereocenters. The summed E-state index contributed by atoms with van der Waals surface area (Å²) >= 11 is 0. The molecule has 2 heteroatoms. The summed E-state index contributed by atoms with van der Waals surface area (Å²) in [6.07, 6.45) is 0. The summed E-state index contributed by atoms with van der Waals surface area (Å²) in [4.78, 5) is 2.38. The zero-order valence-corrected chi connectivity index (χ0v) is 32.9. The fourth-order valence-corrected chi connectivity index (χ4v) is 8.65. The molecule has 11 aromatic rings. The van der Waals surface area contributed by atoms with Crippen molar-refractivity contribution in [2.24, 2.45) is 0 Å². The number of anilines is 3. The molecule has 0 aliphatic heterocycles. The van der Waals surface area contributed by atoms with Crippen LogP contribution in [0.15, 0.2) is 241 Å². The smallest absolute Gasteiger partial charge is 0.143 e. The average Bonchev–Trinajstić information content (AvgIpc) is 3.72. The summed E-state index contributed by atoms with van der Waals surface area (Å²) in [6.45, 7) is 0. The van der Waals surface area contributed by atoms with E-state index in [-0.39, 0.29) is 0 Å². The van der Waals surface area contributed by atoms with Crippen LogP contribution in [0.5, 0.6) is 0 Å². The first kappa shape index (κ1) is 35.2.